The molecule has 0 atom stereocenters. The second-order valence-electron chi connectivity index (χ2n) is 5.70. The van der Waals surface area contributed by atoms with Crippen LogP contribution in [0.3, 0.4) is 0 Å². The number of allylic oxidation sites excluding steroid dienone is 1. The van der Waals surface area contributed by atoms with Gasteiger partial charge in [-0.15, -0.1) is 0 Å². The molecule has 1 aromatic heterocycles. The Morgan fingerprint density at radius 2 is 1.77 bits per heavy atom. The van der Waals surface area contributed by atoms with E-state index in [1.165, 1.54) is 39.0 Å². The number of nitrogens with zero attached hydrogens (tertiary/aromatic N) is 1. The van der Waals surface area contributed by atoms with Crippen molar-refractivity contribution in [3.8, 4) is 5.69 Å². The highest BCUT2D eigenvalue weighted by Crippen LogP contribution is 2.32. The molecule has 1 heterocycles. The molecule has 3 rings (SSSR count). The summed E-state index contributed by atoms with van der Waals surface area (Å²) in [6.45, 7) is 10.3. The van der Waals surface area contributed by atoms with Crippen LogP contribution in [-0.4, -0.2) is 4.57 Å². The summed E-state index contributed by atoms with van der Waals surface area (Å²) in [6.07, 6.45) is 6.21. The maximum atomic E-state index is 4.03. The van der Waals surface area contributed by atoms with Crippen molar-refractivity contribution in [3.05, 3.63) is 77.5 Å². The third-order valence-electron chi connectivity index (χ3n) is 3.99. The first-order valence-corrected chi connectivity index (χ1v) is 7.63. The fourth-order valence-electron chi connectivity index (χ4n) is 3.03. The summed E-state index contributed by atoms with van der Waals surface area (Å²) in [5, 5.41) is 1.25. The molecule has 22 heavy (non-hydrogen) atoms. The summed E-state index contributed by atoms with van der Waals surface area (Å²) in [7, 11) is 0. The highest BCUT2D eigenvalue weighted by molar-refractivity contribution is 5.95. The van der Waals surface area contributed by atoms with Crippen molar-refractivity contribution in [1.29, 1.82) is 0 Å². The number of aryl methyl sites for hydroxylation is 2. The fraction of sp³-hybridized carbons (Fsp3) is 0.143. The molecule has 3 aromatic rings. The molecule has 0 aliphatic rings. The van der Waals surface area contributed by atoms with Gasteiger partial charge in [0.1, 0.15) is 0 Å². The first-order valence-electron chi connectivity index (χ1n) is 7.63. The fourth-order valence-corrected chi connectivity index (χ4v) is 3.03. The van der Waals surface area contributed by atoms with Crippen LogP contribution in [0.25, 0.3) is 28.7 Å². The normalized spacial score (nSPS) is 11.4. The van der Waals surface area contributed by atoms with Crippen molar-refractivity contribution in [3.63, 3.8) is 0 Å². The number of hydrogen-bond acceptors (Lipinski definition) is 0. The molecule has 0 saturated heterocycles. The Morgan fingerprint density at radius 3 is 2.45 bits per heavy atom. The second-order valence-corrected chi connectivity index (χ2v) is 5.70. The lowest BCUT2D eigenvalue weighted by Crippen LogP contribution is -1.97. The lowest BCUT2D eigenvalue weighted by molar-refractivity contribution is 1.10. The highest BCUT2D eigenvalue weighted by atomic mass is 15.0. The lowest BCUT2D eigenvalue weighted by atomic mass is 10.1. The van der Waals surface area contributed by atoms with E-state index in [2.05, 4.69) is 86.5 Å². The van der Waals surface area contributed by atoms with Crippen molar-refractivity contribution in [2.75, 3.05) is 0 Å². The third kappa shape index (κ3) is 2.29. The first-order chi connectivity index (χ1) is 10.7. The van der Waals surface area contributed by atoms with Gasteiger partial charge in [0.2, 0.25) is 0 Å². The van der Waals surface area contributed by atoms with Gasteiger partial charge in [-0.1, -0.05) is 42.5 Å². The topological polar surface area (TPSA) is 4.93 Å². The van der Waals surface area contributed by atoms with Crippen LogP contribution in [0.5, 0.6) is 0 Å². The van der Waals surface area contributed by atoms with Gasteiger partial charge in [0.25, 0.3) is 0 Å². The van der Waals surface area contributed by atoms with E-state index in [0.717, 1.165) is 0 Å². The van der Waals surface area contributed by atoms with Crippen LogP contribution in [0.2, 0.25) is 0 Å². The zero-order valence-electron chi connectivity index (χ0n) is 13.4. The van der Waals surface area contributed by atoms with Gasteiger partial charge in [-0.05, 0) is 56.7 Å². The Bertz CT molecular complexity index is 878. The van der Waals surface area contributed by atoms with Gasteiger partial charge in [-0.25, -0.2) is 0 Å². The summed E-state index contributed by atoms with van der Waals surface area (Å²) in [5.74, 6) is 0. The zero-order chi connectivity index (χ0) is 15.7. The Labute approximate surface area is 132 Å². The smallest absolute Gasteiger partial charge is 0.0541 e. The molecule has 0 fully saturated rings. The first kappa shape index (κ1) is 14.4. The van der Waals surface area contributed by atoms with E-state index in [1.807, 2.05) is 6.08 Å². The van der Waals surface area contributed by atoms with Gasteiger partial charge in [0, 0.05) is 16.6 Å². The van der Waals surface area contributed by atoms with Crippen LogP contribution < -0.4 is 0 Å². The van der Waals surface area contributed by atoms with Gasteiger partial charge in [0.15, 0.2) is 0 Å². The number of hydrogen-bond donors (Lipinski definition) is 0. The van der Waals surface area contributed by atoms with E-state index in [4.69, 9.17) is 0 Å². The molecule has 0 saturated carbocycles. The van der Waals surface area contributed by atoms with Gasteiger partial charge in [0.05, 0.1) is 11.2 Å². The Hall–Kier alpha value is -2.54. The molecule has 0 amide bonds. The summed E-state index contributed by atoms with van der Waals surface area (Å²) < 4.78 is 2.32. The van der Waals surface area contributed by atoms with E-state index in [1.54, 1.807) is 0 Å². The van der Waals surface area contributed by atoms with E-state index < -0.39 is 0 Å². The molecule has 110 valence electrons. The molecule has 0 bridgehead atoms. The summed E-state index contributed by atoms with van der Waals surface area (Å²) >= 11 is 0. The van der Waals surface area contributed by atoms with E-state index in [-0.39, 0.29) is 0 Å². The van der Waals surface area contributed by atoms with Crippen LogP contribution in [0.4, 0.5) is 0 Å². The quantitative estimate of drug-likeness (QED) is 0.563. The number of fused-ring (bicyclic) bond motifs is 1. The molecule has 0 spiro atoms. The second kappa shape index (κ2) is 5.69. The number of benzene rings is 2. The maximum Gasteiger partial charge on any atom is 0.0541 e. The van der Waals surface area contributed by atoms with Crippen LogP contribution in [0.15, 0.2) is 55.1 Å². The standard InChI is InChI=1S/C21H21N/c1-5-8-20-18(6-2)19-14-16(4)11-12-21(19)22(20)17-10-7-9-15(3)13-17/h5-14H,2H2,1,3-4H3/b8-5-. The monoisotopic (exact) mass is 287 g/mol. The average molecular weight is 287 g/mol. The number of rotatable bonds is 3. The van der Waals surface area contributed by atoms with Crippen LogP contribution in [0, 0.1) is 13.8 Å². The summed E-state index contributed by atoms with van der Waals surface area (Å²) in [4.78, 5) is 0. The van der Waals surface area contributed by atoms with Gasteiger partial charge < -0.3 is 4.57 Å². The molecule has 0 aliphatic heterocycles. The predicted molar refractivity (Wildman–Crippen MR) is 97.5 cm³/mol. The minimum atomic E-state index is 1.18. The van der Waals surface area contributed by atoms with Crippen LogP contribution >= 0.6 is 0 Å². The summed E-state index contributed by atoms with van der Waals surface area (Å²) in [5.41, 5.74) is 7.32. The molecular weight excluding hydrogens is 266 g/mol. The van der Waals surface area contributed by atoms with Crippen molar-refractivity contribution < 1.29 is 0 Å². The van der Waals surface area contributed by atoms with Crippen molar-refractivity contribution in [2.24, 2.45) is 0 Å². The van der Waals surface area contributed by atoms with Crippen LogP contribution in [0.1, 0.15) is 29.3 Å². The molecule has 0 N–H and O–H groups in total. The van der Waals surface area contributed by atoms with Crippen molar-refractivity contribution in [2.45, 2.75) is 20.8 Å². The molecule has 2 aromatic carbocycles. The molecule has 0 aliphatic carbocycles. The van der Waals surface area contributed by atoms with Gasteiger partial charge in [-0.3, -0.25) is 0 Å². The lowest BCUT2D eigenvalue weighted by Gasteiger charge is -2.10. The average Bonchev–Trinajstić information content (AvgIpc) is 2.80. The molecule has 0 unspecified atom stereocenters. The predicted octanol–water partition coefficient (Wildman–Crippen LogP) is 5.92. The zero-order valence-corrected chi connectivity index (χ0v) is 13.4. The Kier molecular flexibility index (Phi) is 3.72. The van der Waals surface area contributed by atoms with Crippen LogP contribution in [-0.2, 0) is 0 Å². The van der Waals surface area contributed by atoms with Crippen molar-refractivity contribution >= 4 is 23.1 Å². The van der Waals surface area contributed by atoms with E-state index in [9.17, 15) is 0 Å². The third-order valence-corrected chi connectivity index (χ3v) is 3.99. The van der Waals surface area contributed by atoms with E-state index >= 15 is 0 Å². The van der Waals surface area contributed by atoms with Gasteiger partial charge in [-0.2, -0.15) is 0 Å². The summed E-state index contributed by atoms with van der Waals surface area (Å²) in [6, 6.07) is 15.2. The molecule has 1 nitrogen and oxygen atoms in total. The molecule has 1 heteroatoms. The van der Waals surface area contributed by atoms with Crippen molar-refractivity contribution in [1.82, 2.24) is 4.57 Å². The minimum Gasteiger partial charge on any atom is -0.309 e. The Balaban J connectivity index is 2.46. The minimum absolute atomic E-state index is 1.18. The van der Waals surface area contributed by atoms with Gasteiger partial charge >= 0.3 is 0 Å². The van der Waals surface area contributed by atoms with E-state index in [0.29, 0.717) is 0 Å². The molecule has 0 radical (unpaired) electrons. The Morgan fingerprint density at radius 1 is 1.00 bits per heavy atom. The largest absolute Gasteiger partial charge is 0.309 e. The SMILES string of the molecule is C=Cc1c(/C=C\C)n(-c2cccc(C)c2)c2ccc(C)cc12. The number of aromatic nitrogens is 1. The highest BCUT2D eigenvalue weighted by Gasteiger charge is 2.14. The maximum absolute atomic E-state index is 4.03. The molecular formula is C21H21N.